The molecule has 0 bridgehead atoms. The van der Waals surface area contributed by atoms with E-state index in [1.807, 2.05) is 31.2 Å². The lowest BCUT2D eigenvalue weighted by Crippen LogP contribution is -2.34. The number of carbonyl (C=O) groups is 1. The SMILES string of the molecule is Cc1noc(C)c1CC(=O)NC1c2ccccc2CC1O. The van der Waals surface area contributed by atoms with Crippen LogP contribution in [0.15, 0.2) is 28.8 Å². The number of hydrogen-bond acceptors (Lipinski definition) is 4. The van der Waals surface area contributed by atoms with E-state index in [1.54, 1.807) is 6.92 Å². The fourth-order valence-corrected chi connectivity index (χ4v) is 2.89. The van der Waals surface area contributed by atoms with Crippen molar-refractivity contribution in [3.8, 4) is 0 Å². The van der Waals surface area contributed by atoms with Crippen molar-refractivity contribution in [2.45, 2.75) is 38.8 Å². The first-order valence-corrected chi connectivity index (χ1v) is 7.03. The Morgan fingerprint density at radius 3 is 2.90 bits per heavy atom. The van der Waals surface area contributed by atoms with E-state index >= 15 is 0 Å². The molecule has 0 saturated heterocycles. The van der Waals surface area contributed by atoms with Crippen LogP contribution in [0, 0.1) is 13.8 Å². The van der Waals surface area contributed by atoms with Crippen LogP contribution in [0.4, 0.5) is 0 Å². The number of amides is 1. The van der Waals surface area contributed by atoms with Crippen LogP contribution in [0.25, 0.3) is 0 Å². The van der Waals surface area contributed by atoms with Crippen LogP contribution in [0.5, 0.6) is 0 Å². The summed E-state index contributed by atoms with van der Waals surface area (Å²) in [6.07, 6.45) is 0.218. The van der Waals surface area contributed by atoms with Crippen molar-refractivity contribution in [1.29, 1.82) is 0 Å². The van der Waals surface area contributed by atoms with E-state index in [4.69, 9.17) is 4.52 Å². The maximum absolute atomic E-state index is 12.2. The quantitative estimate of drug-likeness (QED) is 0.899. The summed E-state index contributed by atoms with van der Waals surface area (Å²) in [6, 6.07) is 7.46. The number of nitrogens with zero attached hydrogens (tertiary/aromatic N) is 1. The van der Waals surface area contributed by atoms with Gasteiger partial charge in [-0.1, -0.05) is 29.4 Å². The van der Waals surface area contributed by atoms with Gasteiger partial charge in [-0.2, -0.15) is 0 Å². The molecule has 2 aromatic rings. The third-order valence-corrected chi connectivity index (χ3v) is 4.04. The Labute approximate surface area is 123 Å². The highest BCUT2D eigenvalue weighted by molar-refractivity contribution is 5.79. The molecular weight excluding hydrogens is 268 g/mol. The standard InChI is InChI=1S/C16H18N2O3/c1-9-13(10(2)21-18-9)8-15(20)17-16-12-6-4-3-5-11(12)7-14(16)19/h3-6,14,16,19H,7-8H2,1-2H3,(H,17,20). The van der Waals surface area contributed by atoms with Gasteiger partial charge in [-0.05, 0) is 25.0 Å². The molecule has 0 saturated carbocycles. The fourth-order valence-electron chi connectivity index (χ4n) is 2.89. The Bertz CT molecular complexity index is 658. The van der Waals surface area contributed by atoms with Crippen LogP contribution in [0.2, 0.25) is 0 Å². The van der Waals surface area contributed by atoms with E-state index in [0.29, 0.717) is 12.2 Å². The van der Waals surface area contributed by atoms with Crippen LogP contribution in [0.3, 0.4) is 0 Å². The van der Waals surface area contributed by atoms with Crippen molar-refractivity contribution < 1.29 is 14.4 Å². The lowest BCUT2D eigenvalue weighted by atomic mass is 10.1. The van der Waals surface area contributed by atoms with Gasteiger partial charge in [-0.25, -0.2) is 0 Å². The van der Waals surface area contributed by atoms with Gasteiger partial charge in [0.05, 0.1) is 24.3 Å². The number of rotatable bonds is 3. The predicted octanol–water partition coefficient (Wildman–Crippen LogP) is 1.61. The van der Waals surface area contributed by atoms with E-state index < -0.39 is 6.10 Å². The van der Waals surface area contributed by atoms with Crippen LogP contribution in [0.1, 0.15) is 34.2 Å². The molecular formula is C16H18N2O3. The first kappa shape index (κ1) is 13.8. The smallest absolute Gasteiger partial charge is 0.225 e. The number of aryl methyl sites for hydroxylation is 2. The zero-order valence-electron chi connectivity index (χ0n) is 12.1. The second-order valence-corrected chi connectivity index (χ2v) is 5.49. The number of hydrogen-bond donors (Lipinski definition) is 2. The number of nitrogens with one attached hydrogen (secondary N) is 1. The van der Waals surface area contributed by atoms with Crippen molar-refractivity contribution in [3.63, 3.8) is 0 Å². The molecule has 2 N–H and O–H groups in total. The van der Waals surface area contributed by atoms with Gasteiger partial charge in [0, 0.05) is 12.0 Å². The maximum atomic E-state index is 12.2. The van der Waals surface area contributed by atoms with Crippen molar-refractivity contribution in [1.82, 2.24) is 10.5 Å². The monoisotopic (exact) mass is 286 g/mol. The van der Waals surface area contributed by atoms with Gasteiger partial charge >= 0.3 is 0 Å². The molecule has 0 spiro atoms. The van der Waals surface area contributed by atoms with Crippen molar-refractivity contribution >= 4 is 5.91 Å². The van der Waals surface area contributed by atoms with Gasteiger partial charge in [0.1, 0.15) is 5.76 Å². The van der Waals surface area contributed by atoms with E-state index in [9.17, 15) is 9.90 Å². The molecule has 0 fully saturated rings. The Morgan fingerprint density at radius 1 is 1.43 bits per heavy atom. The number of benzene rings is 1. The van der Waals surface area contributed by atoms with Gasteiger partial charge in [-0.3, -0.25) is 4.79 Å². The highest BCUT2D eigenvalue weighted by Crippen LogP contribution is 2.31. The van der Waals surface area contributed by atoms with Gasteiger partial charge < -0.3 is 14.9 Å². The average molecular weight is 286 g/mol. The molecule has 2 unspecified atom stereocenters. The fraction of sp³-hybridized carbons (Fsp3) is 0.375. The number of fused-ring (bicyclic) bond motifs is 1. The van der Waals surface area contributed by atoms with Crippen molar-refractivity contribution in [2.24, 2.45) is 0 Å². The van der Waals surface area contributed by atoms with E-state index in [0.717, 1.165) is 22.4 Å². The highest BCUT2D eigenvalue weighted by atomic mass is 16.5. The van der Waals surface area contributed by atoms with E-state index in [1.165, 1.54) is 0 Å². The van der Waals surface area contributed by atoms with Gasteiger partial charge in [-0.15, -0.1) is 0 Å². The molecule has 0 aliphatic heterocycles. The molecule has 110 valence electrons. The van der Waals surface area contributed by atoms with Gasteiger partial charge in [0.15, 0.2) is 0 Å². The second-order valence-electron chi connectivity index (χ2n) is 5.49. The molecule has 1 aromatic heterocycles. The molecule has 5 nitrogen and oxygen atoms in total. The van der Waals surface area contributed by atoms with Crippen LogP contribution in [-0.4, -0.2) is 22.3 Å². The molecule has 1 aliphatic carbocycles. The number of aliphatic hydroxyl groups excluding tert-OH is 1. The summed E-state index contributed by atoms with van der Waals surface area (Å²) in [6.45, 7) is 3.61. The number of aromatic nitrogens is 1. The second kappa shape index (κ2) is 5.33. The number of carbonyl (C=O) groups excluding carboxylic acids is 1. The molecule has 1 aliphatic rings. The van der Waals surface area contributed by atoms with Crippen LogP contribution >= 0.6 is 0 Å². The molecule has 1 amide bonds. The van der Waals surface area contributed by atoms with Crippen LogP contribution < -0.4 is 5.32 Å². The third kappa shape index (κ3) is 2.56. The zero-order valence-corrected chi connectivity index (χ0v) is 12.1. The topological polar surface area (TPSA) is 75.4 Å². The van der Waals surface area contributed by atoms with Crippen molar-refractivity contribution in [3.05, 3.63) is 52.4 Å². The Kier molecular flexibility index (Phi) is 3.51. The van der Waals surface area contributed by atoms with E-state index in [-0.39, 0.29) is 18.4 Å². The van der Waals surface area contributed by atoms with Crippen molar-refractivity contribution in [2.75, 3.05) is 0 Å². The lowest BCUT2D eigenvalue weighted by molar-refractivity contribution is -0.122. The lowest BCUT2D eigenvalue weighted by Gasteiger charge is -2.18. The Balaban J connectivity index is 1.74. The first-order chi connectivity index (χ1) is 10.1. The normalized spacial score (nSPS) is 20.3. The molecule has 1 aromatic carbocycles. The molecule has 3 rings (SSSR count). The Morgan fingerprint density at radius 2 is 2.19 bits per heavy atom. The number of aliphatic hydroxyl groups is 1. The van der Waals surface area contributed by atoms with E-state index in [2.05, 4.69) is 10.5 Å². The highest BCUT2D eigenvalue weighted by Gasteiger charge is 2.32. The molecule has 2 atom stereocenters. The summed E-state index contributed by atoms with van der Waals surface area (Å²) in [4.78, 5) is 12.2. The minimum absolute atomic E-state index is 0.134. The molecule has 21 heavy (non-hydrogen) atoms. The summed E-state index contributed by atoms with van der Waals surface area (Å²) < 4.78 is 5.06. The van der Waals surface area contributed by atoms with Gasteiger partial charge in [0.25, 0.3) is 0 Å². The average Bonchev–Trinajstić information content (AvgIpc) is 2.93. The zero-order chi connectivity index (χ0) is 15.0. The summed E-state index contributed by atoms with van der Waals surface area (Å²) in [5.74, 6) is 0.528. The maximum Gasteiger partial charge on any atom is 0.225 e. The Hall–Kier alpha value is -2.14. The summed E-state index contributed by atoms with van der Waals surface area (Å²) >= 11 is 0. The summed E-state index contributed by atoms with van der Waals surface area (Å²) in [7, 11) is 0. The van der Waals surface area contributed by atoms with Gasteiger partial charge in [0.2, 0.25) is 5.91 Å². The third-order valence-electron chi connectivity index (χ3n) is 4.04. The molecule has 1 heterocycles. The largest absolute Gasteiger partial charge is 0.390 e. The first-order valence-electron chi connectivity index (χ1n) is 7.03. The summed E-state index contributed by atoms with van der Waals surface area (Å²) in [5, 5.41) is 16.9. The summed E-state index contributed by atoms with van der Waals surface area (Å²) in [5.41, 5.74) is 3.63. The molecule has 5 heteroatoms. The predicted molar refractivity (Wildman–Crippen MR) is 76.7 cm³/mol. The minimum atomic E-state index is -0.573. The minimum Gasteiger partial charge on any atom is -0.390 e. The molecule has 0 radical (unpaired) electrons. The van der Waals surface area contributed by atoms with Crippen LogP contribution in [-0.2, 0) is 17.6 Å².